The first-order valence-electron chi connectivity index (χ1n) is 44.9. The van der Waals surface area contributed by atoms with Crippen LogP contribution in [0.5, 0.6) is 0 Å². The van der Waals surface area contributed by atoms with Crippen LogP contribution in [0.25, 0.3) is 33.5 Å². The fourth-order valence-corrected chi connectivity index (χ4v) is 24.7. The van der Waals surface area contributed by atoms with E-state index >= 15 is 19.2 Å². The highest BCUT2D eigenvalue weighted by molar-refractivity contribution is 8.34. The summed E-state index contributed by atoms with van der Waals surface area (Å²) in [5.74, 6) is -0.620. The first kappa shape index (κ1) is 113. The second-order valence-corrected chi connectivity index (χ2v) is 48.0. The fraction of sp³-hybridized carbons (Fsp3) is 0.649. The van der Waals surface area contributed by atoms with E-state index in [0.717, 1.165) is 20.0 Å². The van der Waals surface area contributed by atoms with E-state index in [1.54, 1.807) is 11.5 Å². The number of anilines is 5. The van der Waals surface area contributed by atoms with Crippen LogP contribution in [0.2, 0.25) is 0 Å². The van der Waals surface area contributed by atoms with Gasteiger partial charge in [0.1, 0.15) is 154 Å². The Bertz CT molecular complexity index is 6650. The van der Waals surface area contributed by atoms with E-state index in [2.05, 4.69) is 59.8 Å². The molecule has 28 atom stereocenters. The third-order valence-corrected chi connectivity index (χ3v) is 32.4. The lowest BCUT2D eigenvalue weighted by molar-refractivity contribution is -0.223. The minimum Gasteiger partial charge on any atom is -0.780 e. The van der Waals surface area contributed by atoms with Crippen molar-refractivity contribution in [3.05, 3.63) is 119 Å². The summed E-state index contributed by atoms with van der Waals surface area (Å²) in [6.07, 6.45) is -25.7. The molecule has 0 bridgehead atoms. The lowest BCUT2D eigenvalue weighted by Crippen LogP contribution is -2.42. The maximum atomic E-state index is 15.8. The Balaban J connectivity index is 0.719. The molecule has 0 amide bonds. The summed E-state index contributed by atoms with van der Waals surface area (Å²) in [6, 6.07) is 0. The van der Waals surface area contributed by atoms with Crippen molar-refractivity contribution in [2.45, 2.75) is 188 Å². The smallest absolute Gasteiger partial charge is 0.351 e. The zero-order valence-electron chi connectivity index (χ0n) is 79.2. The third-order valence-electron chi connectivity index (χ3n) is 24.0. The van der Waals surface area contributed by atoms with Crippen LogP contribution in [0.3, 0.4) is 0 Å². The fourth-order valence-electron chi connectivity index (χ4n) is 17.0. The molecule has 806 valence electrons. The van der Waals surface area contributed by atoms with Gasteiger partial charge in [0, 0.05) is 83.4 Å². The monoisotopic (exact) mass is 2240 g/mol. The number of aliphatic hydroxyl groups is 1. The summed E-state index contributed by atoms with van der Waals surface area (Å²) in [6.45, 7) is -24.2. The van der Waals surface area contributed by atoms with Crippen molar-refractivity contribution >= 4 is 156 Å². The van der Waals surface area contributed by atoms with E-state index in [9.17, 15) is 34.0 Å². The van der Waals surface area contributed by atoms with Gasteiger partial charge in [-0.3, -0.25) is 47.0 Å². The predicted molar refractivity (Wildman–Crippen MR) is 516 cm³/mol. The summed E-state index contributed by atoms with van der Waals surface area (Å²) in [4.78, 5) is 176. The highest BCUT2D eigenvalue weighted by atomic mass is 32.7. The maximum Gasteiger partial charge on any atom is 0.351 e. The molecule has 69 heteroatoms. The van der Waals surface area contributed by atoms with E-state index < -0.39 is 248 Å². The molecule has 15 heterocycles. The highest BCUT2D eigenvalue weighted by Crippen LogP contribution is 2.57. The summed E-state index contributed by atoms with van der Waals surface area (Å²) < 4.78 is 176. The minimum absolute atomic E-state index is 0.0219. The van der Waals surface area contributed by atoms with Crippen molar-refractivity contribution in [1.29, 1.82) is 0 Å². The summed E-state index contributed by atoms with van der Waals surface area (Å²) in [5.41, 5.74) is 27.0. The van der Waals surface area contributed by atoms with Gasteiger partial charge in [-0.25, -0.2) is 49.3 Å². The van der Waals surface area contributed by atoms with Crippen LogP contribution in [0, 0.1) is 20.8 Å². The standard InChI is InChI=1S/C77H112N23O36P5S5/c1-10-39-41(23-46(126-39)98-33-87-47-62(80)83-31-85-64(47)98)132-138(108,143)123-28-43-52(57(119-19-14-114-7)71(129-43)97-26-38(4)67(102)94-77(97)106)133-137(107,142)22-11-40-51(56(118-18-13-113-6)70(127-40)95-24-36(2)60(78)90-75(95)104)134-140(110,145)124-30-45-54(59(121-21-16-116-9)73(131-45)100-35-89-49-66(100)92-74(82)93-68(49)103)136-141(111,146)125-29-44-53(58(120-20-15-115-8)72(130-44)96-25-37(3)61(79)91-76(96)105)135-139(109,144)122-27-42-50(101)55(117-17-12-112-5)69(128-42)99-34-88-48-63(81)84-32-86-65(48)99/h24-26,31-35,39-46,50-59,69-73,101H,10-23,27-30H2,1-9H3,(H,107,142)(H,108,143)(H,109,144)(H,110,145)(H,111,146)(H2,78,90,104)(H2,79,91,105)(H2,80,83,85)(H2,81,84,86)(H,94,102,106)(H3,82,92,93,103)/p-5/t39-,40-,41-,42-,43-,44-,45-,46-,50+,51+,52+,53+,54+,55?,56?,57?,58?,59?,69-,70-,71-,72-,73-,137?,138?,139?,140?,141?/m1/s1. The summed E-state index contributed by atoms with van der Waals surface area (Å²) >= 11 is 28.7. The number of hydrogen-bond acceptors (Lipinski definition) is 56. The number of aliphatic hydroxyl groups excluding tert-OH is 1. The predicted octanol–water partition coefficient (Wildman–Crippen LogP) is -3.14. The van der Waals surface area contributed by atoms with Gasteiger partial charge in [-0.2, -0.15) is 15.0 Å². The number of imidazole rings is 3. The van der Waals surface area contributed by atoms with Crippen molar-refractivity contribution in [3.63, 3.8) is 0 Å². The molecule has 0 aliphatic carbocycles. The van der Waals surface area contributed by atoms with Crippen molar-refractivity contribution in [1.82, 2.24) is 87.2 Å². The Labute approximate surface area is 853 Å². The van der Waals surface area contributed by atoms with Gasteiger partial charge in [0.05, 0.1) is 136 Å². The number of ether oxygens (including phenoxy) is 16. The van der Waals surface area contributed by atoms with Gasteiger partial charge in [-0.1, -0.05) is 54.2 Å². The average Bonchev–Trinajstić information content (AvgIpc) is 1.61. The minimum atomic E-state index is -5.30. The number of aryl methyl sites for hydroxylation is 3. The second kappa shape index (κ2) is 48.9. The molecule has 13 N–H and O–H groups in total. The molecule has 10 unspecified atom stereocenters. The van der Waals surface area contributed by atoms with E-state index in [0.29, 0.717) is 17.6 Å². The Kier molecular flexibility index (Phi) is 37.8. The van der Waals surface area contributed by atoms with Crippen LogP contribution in [0.4, 0.5) is 29.2 Å². The second-order valence-electron chi connectivity index (χ2n) is 33.7. The van der Waals surface area contributed by atoms with Crippen molar-refractivity contribution < 1.29 is 146 Å². The van der Waals surface area contributed by atoms with Crippen molar-refractivity contribution in [2.24, 2.45) is 0 Å². The van der Waals surface area contributed by atoms with Gasteiger partial charge in [-0.05, 0) is 33.6 Å². The van der Waals surface area contributed by atoms with E-state index in [1.165, 1.54) is 109 Å². The number of H-pyrrole nitrogens is 2. The number of nitrogens with one attached hydrogen (secondary N) is 2. The first-order chi connectivity index (χ1) is 69.6. The van der Waals surface area contributed by atoms with Crippen LogP contribution >= 0.6 is 33.4 Å². The molecule has 9 aromatic heterocycles. The summed E-state index contributed by atoms with van der Waals surface area (Å²) in [5, 5.41) is 11.9. The molecule has 0 spiro atoms. The molecule has 9 aromatic rings. The van der Waals surface area contributed by atoms with Crippen molar-refractivity contribution in [3.8, 4) is 0 Å². The number of aromatic amines is 2. The molecule has 6 aliphatic heterocycles. The van der Waals surface area contributed by atoms with Crippen LogP contribution in [-0.2, 0) is 181 Å². The highest BCUT2D eigenvalue weighted by Gasteiger charge is 2.56. The molecule has 6 saturated heterocycles. The van der Waals surface area contributed by atoms with Gasteiger partial charge in [-0.15, -0.1) is 0 Å². The lowest BCUT2D eigenvalue weighted by Gasteiger charge is -2.38. The molecule has 6 aliphatic rings. The molecule has 6 fully saturated rings. The Morgan fingerprint density at radius 1 is 0.425 bits per heavy atom. The van der Waals surface area contributed by atoms with Crippen molar-refractivity contribution in [2.75, 3.05) is 163 Å². The number of rotatable bonds is 52. The Morgan fingerprint density at radius 3 is 1.27 bits per heavy atom. The quantitative estimate of drug-likeness (QED) is 0.0106. The van der Waals surface area contributed by atoms with E-state index in [1.807, 2.05) is 0 Å². The average molecular weight is 2250 g/mol. The largest absolute Gasteiger partial charge is 0.780 e. The van der Waals surface area contributed by atoms with Gasteiger partial charge in [0.2, 0.25) is 5.95 Å². The van der Waals surface area contributed by atoms with Gasteiger partial charge < -0.3 is 187 Å². The summed E-state index contributed by atoms with van der Waals surface area (Å²) in [7, 11) is 6.84. The topological polar surface area (TPSA) is 766 Å². The zero-order chi connectivity index (χ0) is 105. The molecular weight excluding hydrogens is 2140 g/mol. The molecular formula is C77H107N23O36P5S5-5. The number of fused-ring (bicyclic) bond motifs is 3. The Hall–Kier alpha value is -7.13. The number of aromatic nitrogens is 18. The SMILES string of the molecule is CC[C@H]1O[C@@H](n2cnc3c(N)ncnc32)C[C@H]1OP([O-])(=S)OC[C@H]1O[C@@H](n2cc(C)c(=O)[nH]c2=O)C(OCCOC)[C@H]1OP(=O)([S-])CC[C@H]1O[C@@H](n2cc(C)c(N)nc2=O)C(OCCOC)[C@H]1OP([O-])(=S)OC[C@H]1O[C@@H](n2cnc3c(=O)[nH]c(N)nc32)C(OCCOC)[C@H]1OP([O-])(=S)OC[C@H]1O[C@@H](n2cc(C)c(N)nc2=O)C(OCCOC)[C@H]1OP([O-])(=S)OC[C@H]1O[C@@H](n2cnc3c(N)ncnc32)C(OCCOC)[C@H]1O. The Morgan fingerprint density at radius 2 is 0.801 bits per heavy atom. The molecule has 0 radical (unpaired) electrons. The van der Waals surface area contributed by atoms with Crippen LogP contribution in [0.1, 0.15) is 80.2 Å². The zero-order valence-corrected chi connectivity index (χ0v) is 87.7. The van der Waals surface area contributed by atoms with Gasteiger partial charge >= 0.3 is 17.1 Å². The molecule has 146 heavy (non-hydrogen) atoms. The number of hydrogen-bond donors (Lipinski definition) is 8. The first-order valence-corrected chi connectivity index (χ1v) is 57.9. The van der Waals surface area contributed by atoms with Gasteiger partial charge in [0.15, 0.2) is 65.2 Å². The molecule has 0 saturated carbocycles. The van der Waals surface area contributed by atoms with Gasteiger partial charge in [0.25, 0.3) is 11.1 Å². The molecule has 15 rings (SSSR count). The van der Waals surface area contributed by atoms with E-state index in [-0.39, 0.29) is 135 Å². The van der Waals surface area contributed by atoms with Crippen LogP contribution < -0.4 is 76.4 Å². The molecule has 59 nitrogen and oxygen atoms in total. The lowest BCUT2D eigenvalue weighted by atomic mass is 10.1. The third kappa shape index (κ3) is 26.3. The van der Waals surface area contributed by atoms with Crippen LogP contribution in [0.15, 0.2) is 74.2 Å². The van der Waals surface area contributed by atoms with E-state index in [4.69, 9.17) is 205 Å². The number of nitrogens with two attached hydrogens (primary N) is 5. The number of nitrogens with zero attached hydrogens (tertiary/aromatic N) is 16. The maximum absolute atomic E-state index is 15.8. The number of nitrogen functional groups attached to an aromatic ring is 5. The number of methoxy groups -OCH3 is 5. The van der Waals surface area contributed by atoms with Crippen LogP contribution in [-0.4, -0.2) is 330 Å². The normalized spacial score (nSPS) is 29.1. The molecule has 0 aromatic carbocycles.